The number of ether oxygens (including phenoxy) is 1. The molecule has 0 amide bonds. The molecule has 0 unspecified atom stereocenters. The molecule has 0 fully saturated rings. The maximum atomic E-state index is 6.05. The topological polar surface area (TPSA) is 14.2 Å². The van der Waals surface area contributed by atoms with Crippen LogP contribution in [0.15, 0.2) is 36.9 Å². The molecule has 0 aliphatic heterocycles. The van der Waals surface area contributed by atoms with Crippen molar-refractivity contribution in [1.82, 2.24) is 4.57 Å². The van der Waals surface area contributed by atoms with E-state index >= 15 is 0 Å². The van der Waals surface area contributed by atoms with Gasteiger partial charge in [0.25, 0.3) is 0 Å². The van der Waals surface area contributed by atoms with Crippen molar-refractivity contribution in [1.29, 1.82) is 0 Å². The molecular weight excluding hydrogens is 405 g/mol. The van der Waals surface area contributed by atoms with Crippen molar-refractivity contribution >= 4 is 40.9 Å². The summed E-state index contributed by atoms with van der Waals surface area (Å²) in [4.78, 5) is 7.27. The second-order valence-corrected chi connectivity index (χ2v) is 28.8. The van der Waals surface area contributed by atoms with Gasteiger partial charge in [0.15, 0.2) is 0 Å². The molecule has 0 atom stereocenters. The minimum atomic E-state index is -2.20. The molecule has 1 aromatic heterocycles. The Bertz CT molecular complexity index is 691. The number of aromatic nitrogens is 1. The summed E-state index contributed by atoms with van der Waals surface area (Å²) in [5, 5.41) is 1.29. The molecule has 0 N–H and O–H groups in total. The van der Waals surface area contributed by atoms with Gasteiger partial charge < -0.3 is 0 Å². The molecule has 4 heteroatoms. The van der Waals surface area contributed by atoms with Gasteiger partial charge in [0.05, 0.1) is 0 Å². The van der Waals surface area contributed by atoms with Crippen LogP contribution in [0.1, 0.15) is 5.69 Å². The van der Waals surface area contributed by atoms with Crippen LogP contribution in [0.5, 0.6) is 0 Å². The number of rotatable bonds is 7. The molecule has 0 radical (unpaired) electrons. The third-order valence-corrected chi connectivity index (χ3v) is 11.8. The molecule has 0 spiro atoms. The van der Waals surface area contributed by atoms with E-state index in [1.54, 1.807) is 0 Å². The van der Waals surface area contributed by atoms with Crippen molar-refractivity contribution < 1.29 is 4.74 Å². The van der Waals surface area contributed by atoms with E-state index in [4.69, 9.17) is 4.74 Å². The Morgan fingerprint density at radius 3 is 2.43 bits per heavy atom. The molecule has 2 nitrogen and oxygen atoms in total. The Morgan fingerprint density at radius 2 is 1.83 bits per heavy atom. The molecule has 0 bridgehead atoms. The molecule has 0 saturated heterocycles. The number of hydrogen-bond donors (Lipinski definition) is 0. The van der Waals surface area contributed by atoms with Gasteiger partial charge in [-0.25, -0.2) is 0 Å². The van der Waals surface area contributed by atoms with Gasteiger partial charge in [-0.1, -0.05) is 0 Å². The van der Waals surface area contributed by atoms with Crippen LogP contribution in [0.25, 0.3) is 14.5 Å². The van der Waals surface area contributed by atoms with Gasteiger partial charge in [0.1, 0.15) is 0 Å². The van der Waals surface area contributed by atoms with E-state index in [0.29, 0.717) is 6.73 Å². The number of nitrogens with zero attached hydrogens (tertiary/aromatic N) is 1. The van der Waals surface area contributed by atoms with Crippen LogP contribution in [0.3, 0.4) is 0 Å². The van der Waals surface area contributed by atoms with Crippen LogP contribution in [-0.4, -0.2) is 37.6 Å². The Kier molecular flexibility index (Phi) is 5.85. The monoisotopic (exact) mass is 437 g/mol. The summed E-state index contributed by atoms with van der Waals surface area (Å²) in [5.74, 6) is 0. The second-order valence-electron chi connectivity index (χ2n) is 8.59. The van der Waals surface area contributed by atoms with Gasteiger partial charge in [-0.15, -0.1) is 0 Å². The molecular formula is C19H31NOSiSn. The van der Waals surface area contributed by atoms with Crippen molar-refractivity contribution in [2.75, 3.05) is 6.61 Å². The Labute approximate surface area is 146 Å². The van der Waals surface area contributed by atoms with Crippen molar-refractivity contribution in [2.24, 2.45) is 0 Å². The van der Waals surface area contributed by atoms with Crippen molar-refractivity contribution in [2.45, 2.75) is 47.2 Å². The van der Waals surface area contributed by atoms with Crippen LogP contribution < -0.4 is 0 Å². The summed E-state index contributed by atoms with van der Waals surface area (Å²) in [6.07, 6.45) is 0. The summed E-state index contributed by atoms with van der Waals surface area (Å²) in [5.41, 5.74) is 2.54. The van der Waals surface area contributed by atoms with E-state index in [2.05, 4.69) is 75.9 Å². The molecule has 0 saturated carbocycles. The van der Waals surface area contributed by atoms with Crippen LogP contribution in [-0.2, 0) is 11.5 Å². The fourth-order valence-electron chi connectivity index (χ4n) is 2.52. The van der Waals surface area contributed by atoms with Crippen molar-refractivity contribution in [3.63, 3.8) is 0 Å². The van der Waals surface area contributed by atoms with Gasteiger partial charge in [-0.3, -0.25) is 0 Å². The van der Waals surface area contributed by atoms with E-state index in [-0.39, 0.29) is 0 Å². The van der Waals surface area contributed by atoms with Crippen molar-refractivity contribution in [3.8, 4) is 0 Å². The molecule has 1 heterocycles. The third kappa shape index (κ3) is 4.97. The summed E-state index contributed by atoms with van der Waals surface area (Å²) < 4.78 is 9.73. The first-order valence-electron chi connectivity index (χ1n) is 8.45. The van der Waals surface area contributed by atoms with Gasteiger partial charge in [0.2, 0.25) is 0 Å². The first kappa shape index (κ1) is 18.8. The van der Waals surface area contributed by atoms with E-state index in [1.165, 1.54) is 26.2 Å². The Hall–Kier alpha value is -0.524. The zero-order valence-electron chi connectivity index (χ0n) is 15.6. The minimum absolute atomic E-state index is 0.633. The number of benzene rings is 1. The summed E-state index contributed by atoms with van der Waals surface area (Å²) in [7, 11) is -1.04. The molecule has 2 rings (SSSR count). The molecule has 0 aliphatic rings. The zero-order valence-corrected chi connectivity index (χ0v) is 19.4. The van der Waals surface area contributed by atoms with E-state index in [0.717, 1.165) is 6.61 Å². The van der Waals surface area contributed by atoms with E-state index in [9.17, 15) is 0 Å². The predicted octanol–water partition coefficient (Wildman–Crippen LogP) is 5.84. The number of hydrogen-bond acceptors (Lipinski definition) is 1. The average Bonchev–Trinajstić information content (AvgIpc) is 2.79. The molecule has 1 aromatic carbocycles. The van der Waals surface area contributed by atoms with Crippen LogP contribution in [0, 0.1) is 0 Å². The molecule has 126 valence electrons. The molecule has 0 aliphatic carbocycles. The standard InChI is InChI=1S/C16H22NOSi.3CH3.Sn/c1-5-15-12-14-8-6-7-9-16(14)17(15)13-18-10-11-19(2,3)4;;;;/h6-9,12H,1,10-11,13H2,2-4H3;3*1H3;. The maximum absolute atomic E-state index is 6.05. The summed E-state index contributed by atoms with van der Waals surface area (Å²) in [6, 6.07) is 12.1. The normalized spacial score (nSPS) is 12.8. The van der Waals surface area contributed by atoms with Gasteiger partial charge in [-0.05, 0) is 0 Å². The third-order valence-electron chi connectivity index (χ3n) is 4.24. The Balaban J connectivity index is 2.27. The van der Waals surface area contributed by atoms with Crippen molar-refractivity contribution in [3.05, 3.63) is 42.6 Å². The average molecular weight is 436 g/mol. The molecule has 23 heavy (non-hydrogen) atoms. The number of para-hydroxylation sites is 1. The Morgan fingerprint density at radius 1 is 1.17 bits per heavy atom. The van der Waals surface area contributed by atoms with E-state index in [1.807, 2.05) is 0 Å². The summed E-state index contributed by atoms with van der Waals surface area (Å²) >= 11 is -2.20. The quantitative estimate of drug-likeness (QED) is 0.393. The fraction of sp³-hybridized carbons (Fsp3) is 0.474. The zero-order chi connectivity index (χ0) is 17.3. The summed E-state index contributed by atoms with van der Waals surface area (Å²) in [6.45, 7) is 13.1. The predicted molar refractivity (Wildman–Crippen MR) is 108 cm³/mol. The second kappa shape index (κ2) is 7.15. The van der Waals surface area contributed by atoms with Crippen LogP contribution >= 0.6 is 0 Å². The SMILES string of the molecule is C=[C](c1cc2ccccc2n1COCC[Si](C)(C)C)[Sn]([CH3])([CH3])[CH3]. The van der Waals surface area contributed by atoms with Gasteiger partial charge >= 0.3 is 147 Å². The first-order valence-corrected chi connectivity index (χ1v) is 22.1. The first-order chi connectivity index (χ1) is 10.6. The van der Waals surface area contributed by atoms with Gasteiger partial charge in [-0.2, -0.15) is 0 Å². The molecule has 2 aromatic rings. The van der Waals surface area contributed by atoms with E-state index < -0.39 is 26.5 Å². The van der Waals surface area contributed by atoms with Crippen LogP contribution in [0.2, 0.25) is 40.5 Å². The fourth-order valence-corrected chi connectivity index (χ4v) is 6.06. The van der Waals surface area contributed by atoms with Gasteiger partial charge in [0, 0.05) is 0 Å². The number of fused-ring (bicyclic) bond motifs is 1. The van der Waals surface area contributed by atoms with Crippen LogP contribution in [0.4, 0.5) is 0 Å².